The van der Waals surface area contributed by atoms with Gasteiger partial charge >= 0.3 is 11.9 Å². The van der Waals surface area contributed by atoms with Crippen LogP contribution in [0.2, 0.25) is 0 Å². The van der Waals surface area contributed by atoms with Gasteiger partial charge in [-0.3, -0.25) is 0 Å². The van der Waals surface area contributed by atoms with Gasteiger partial charge in [-0.05, 0) is 43.5 Å². The Kier molecular flexibility index (Phi) is 13.0. The van der Waals surface area contributed by atoms with Crippen LogP contribution in [0.4, 0.5) is 0 Å². The molecule has 2 aromatic rings. The van der Waals surface area contributed by atoms with Gasteiger partial charge in [-0.25, -0.2) is 9.59 Å². The van der Waals surface area contributed by atoms with Gasteiger partial charge in [0, 0.05) is 6.61 Å². The molecule has 28 heavy (non-hydrogen) atoms. The Morgan fingerprint density at radius 1 is 0.786 bits per heavy atom. The third-order valence-corrected chi connectivity index (χ3v) is 3.99. The largest absolute Gasteiger partial charge is 0.478 e. The fraction of sp³-hybridized carbons (Fsp3) is 0.364. The molecule has 4 N–H and O–H groups in total. The van der Waals surface area contributed by atoms with E-state index >= 15 is 0 Å². The van der Waals surface area contributed by atoms with Crippen molar-refractivity contribution >= 4 is 11.9 Å². The van der Waals surface area contributed by atoms with Crippen LogP contribution in [0.5, 0.6) is 0 Å². The highest BCUT2D eigenvalue weighted by Crippen LogP contribution is 2.20. The molecule has 0 aliphatic carbocycles. The average Bonchev–Trinajstić information content (AvgIpc) is 2.70. The summed E-state index contributed by atoms with van der Waals surface area (Å²) in [6.07, 6.45) is 3.02. The van der Waals surface area contributed by atoms with Crippen LogP contribution in [0.1, 0.15) is 60.2 Å². The summed E-state index contributed by atoms with van der Waals surface area (Å²) in [5, 5.41) is 35.0. The van der Waals surface area contributed by atoms with E-state index < -0.39 is 17.5 Å². The van der Waals surface area contributed by atoms with E-state index in [4.69, 9.17) is 15.3 Å². The van der Waals surface area contributed by atoms with E-state index in [0.717, 1.165) is 19.3 Å². The van der Waals surface area contributed by atoms with Crippen LogP contribution >= 0.6 is 0 Å². The molecule has 0 fully saturated rings. The fourth-order valence-corrected chi connectivity index (χ4v) is 2.31. The molecule has 2 rings (SSSR count). The van der Waals surface area contributed by atoms with Crippen molar-refractivity contribution in [1.29, 1.82) is 0 Å². The highest BCUT2D eigenvalue weighted by Gasteiger charge is 2.21. The van der Waals surface area contributed by atoms with Crippen molar-refractivity contribution in [3.05, 3.63) is 71.8 Å². The molecule has 6 heteroatoms. The zero-order valence-electron chi connectivity index (χ0n) is 16.4. The van der Waals surface area contributed by atoms with E-state index in [1.807, 2.05) is 13.8 Å². The predicted molar refractivity (Wildman–Crippen MR) is 109 cm³/mol. The lowest BCUT2D eigenvalue weighted by molar-refractivity contribution is 0.00383. The van der Waals surface area contributed by atoms with Crippen LogP contribution in [0.15, 0.2) is 60.7 Å². The van der Waals surface area contributed by atoms with E-state index in [1.54, 1.807) is 60.7 Å². The number of benzene rings is 2. The Labute approximate surface area is 166 Å². The van der Waals surface area contributed by atoms with Crippen molar-refractivity contribution < 1.29 is 30.0 Å². The van der Waals surface area contributed by atoms with Crippen LogP contribution in [0, 0.1) is 0 Å². The van der Waals surface area contributed by atoms with E-state index in [1.165, 1.54) is 0 Å². The number of carbonyl (C=O) groups is 2. The van der Waals surface area contributed by atoms with Crippen LogP contribution in [0.25, 0.3) is 0 Å². The number of hydrogen-bond donors (Lipinski definition) is 4. The SMILES string of the molecule is CCCC(O)(CC)CCO.O=C(O)c1ccccc1.O=C(O)c1ccccc1. The molecule has 0 saturated carbocycles. The second kappa shape index (κ2) is 14.4. The summed E-state index contributed by atoms with van der Waals surface area (Å²) in [4.78, 5) is 20.4. The minimum Gasteiger partial charge on any atom is -0.478 e. The summed E-state index contributed by atoms with van der Waals surface area (Å²) in [5.74, 6) is -1.76. The molecular weight excluding hydrogens is 360 g/mol. The maximum absolute atomic E-state index is 10.2. The van der Waals surface area contributed by atoms with Gasteiger partial charge in [0.1, 0.15) is 0 Å². The van der Waals surface area contributed by atoms with Gasteiger partial charge in [-0.2, -0.15) is 0 Å². The van der Waals surface area contributed by atoms with E-state index in [-0.39, 0.29) is 6.61 Å². The molecule has 0 spiro atoms. The Bertz CT molecular complexity index is 614. The Morgan fingerprint density at radius 3 is 1.39 bits per heavy atom. The van der Waals surface area contributed by atoms with Gasteiger partial charge in [0.05, 0.1) is 16.7 Å². The van der Waals surface area contributed by atoms with Crippen molar-refractivity contribution in [3.8, 4) is 0 Å². The first kappa shape index (κ1) is 25.3. The molecular formula is C22H30O6. The summed E-state index contributed by atoms with van der Waals surface area (Å²) >= 11 is 0. The minimum atomic E-state index is -0.879. The summed E-state index contributed by atoms with van der Waals surface area (Å²) in [6.45, 7) is 4.08. The highest BCUT2D eigenvalue weighted by atomic mass is 16.4. The fourth-order valence-electron chi connectivity index (χ4n) is 2.31. The monoisotopic (exact) mass is 390 g/mol. The quantitative estimate of drug-likeness (QED) is 0.566. The van der Waals surface area contributed by atoms with Gasteiger partial charge in [0.2, 0.25) is 0 Å². The topological polar surface area (TPSA) is 115 Å². The van der Waals surface area contributed by atoms with Crippen molar-refractivity contribution in [2.24, 2.45) is 0 Å². The zero-order valence-corrected chi connectivity index (χ0v) is 16.4. The summed E-state index contributed by atoms with van der Waals surface area (Å²) in [5.41, 5.74) is 0.0544. The van der Waals surface area contributed by atoms with Gasteiger partial charge in [0.25, 0.3) is 0 Å². The molecule has 154 valence electrons. The highest BCUT2D eigenvalue weighted by molar-refractivity contribution is 5.87. The molecule has 1 atom stereocenters. The maximum Gasteiger partial charge on any atom is 0.335 e. The number of aromatic carboxylic acids is 2. The van der Waals surface area contributed by atoms with Gasteiger partial charge in [-0.15, -0.1) is 0 Å². The van der Waals surface area contributed by atoms with Crippen LogP contribution in [-0.2, 0) is 0 Å². The lowest BCUT2D eigenvalue weighted by Gasteiger charge is -2.24. The van der Waals surface area contributed by atoms with E-state index in [9.17, 15) is 14.7 Å². The maximum atomic E-state index is 10.2. The first-order valence-corrected chi connectivity index (χ1v) is 9.19. The van der Waals surface area contributed by atoms with Crippen molar-refractivity contribution in [3.63, 3.8) is 0 Å². The number of aliphatic hydroxyl groups excluding tert-OH is 1. The van der Waals surface area contributed by atoms with Crippen molar-refractivity contribution in [2.75, 3.05) is 6.61 Å². The second-order valence-corrected chi connectivity index (χ2v) is 6.14. The molecule has 0 bridgehead atoms. The third kappa shape index (κ3) is 11.1. The molecule has 0 heterocycles. The number of carboxylic acid groups (broad SMARTS) is 2. The molecule has 6 nitrogen and oxygen atoms in total. The number of rotatable bonds is 7. The summed E-state index contributed by atoms with van der Waals surface area (Å²) in [7, 11) is 0. The normalized spacial score (nSPS) is 11.7. The van der Waals surface area contributed by atoms with Gasteiger partial charge in [-0.1, -0.05) is 56.7 Å². The molecule has 0 aliphatic heterocycles. The lowest BCUT2D eigenvalue weighted by Crippen LogP contribution is -2.28. The average molecular weight is 390 g/mol. The molecule has 0 aliphatic rings. The summed E-state index contributed by atoms with van der Waals surface area (Å²) < 4.78 is 0. The molecule has 0 radical (unpaired) electrons. The Balaban J connectivity index is 0.000000391. The molecule has 0 saturated heterocycles. The van der Waals surface area contributed by atoms with Crippen molar-refractivity contribution in [1.82, 2.24) is 0 Å². The Morgan fingerprint density at radius 2 is 1.18 bits per heavy atom. The van der Waals surface area contributed by atoms with Gasteiger partial charge in [0.15, 0.2) is 0 Å². The first-order valence-electron chi connectivity index (χ1n) is 9.19. The van der Waals surface area contributed by atoms with Gasteiger partial charge < -0.3 is 20.4 Å². The Hall–Kier alpha value is -2.70. The van der Waals surface area contributed by atoms with E-state index in [2.05, 4.69) is 0 Å². The van der Waals surface area contributed by atoms with Crippen LogP contribution in [-0.4, -0.2) is 44.6 Å². The van der Waals surface area contributed by atoms with Crippen molar-refractivity contribution in [2.45, 2.75) is 45.1 Å². The number of aliphatic hydroxyl groups is 2. The molecule has 0 aromatic heterocycles. The number of hydrogen-bond acceptors (Lipinski definition) is 4. The second-order valence-electron chi connectivity index (χ2n) is 6.14. The molecule has 1 unspecified atom stereocenters. The smallest absolute Gasteiger partial charge is 0.335 e. The summed E-state index contributed by atoms with van der Waals surface area (Å²) in [6, 6.07) is 16.6. The zero-order chi connectivity index (χ0) is 21.4. The standard InChI is InChI=1S/C8H18O2.2C7H6O2/c1-3-5-8(10,4-2)6-7-9;2*8-7(9)6-4-2-1-3-5-6/h9-10H,3-7H2,1-2H3;2*1-5H,(H,8,9). The lowest BCUT2D eigenvalue weighted by atomic mass is 9.92. The van der Waals surface area contributed by atoms with Crippen LogP contribution < -0.4 is 0 Å². The van der Waals surface area contributed by atoms with E-state index in [0.29, 0.717) is 17.5 Å². The van der Waals surface area contributed by atoms with Crippen LogP contribution in [0.3, 0.4) is 0 Å². The predicted octanol–water partition coefficient (Wildman–Crippen LogP) is 4.08. The molecule has 2 aromatic carbocycles. The number of carboxylic acids is 2. The first-order chi connectivity index (χ1) is 13.3. The molecule has 0 amide bonds. The minimum absolute atomic E-state index is 0.0876. The third-order valence-electron chi connectivity index (χ3n) is 3.99.